The number of aromatic nitrogens is 1. The largest absolute Gasteiger partial charge is 0.495 e. The molecule has 7 nitrogen and oxygen atoms in total. The number of hydrogen-bond acceptors (Lipinski definition) is 6. The maximum absolute atomic E-state index is 14.8. The summed E-state index contributed by atoms with van der Waals surface area (Å²) >= 11 is 0. The van der Waals surface area contributed by atoms with Gasteiger partial charge < -0.3 is 24.8 Å². The summed E-state index contributed by atoms with van der Waals surface area (Å²) in [7, 11) is -2.02. The van der Waals surface area contributed by atoms with Gasteiger partial charge in [0.25, 0.3) is 0 Å². The molecule has 12 heteroatoms. The Kier molecular flexibility index (Phi) is 8.85. The van der Waals surface area contributed by atoms with Crippen LogP contribution in [-0.4, -0.2) is 75.8 Å². The van der Waals surface area contributed by atoms with Crippen LogP contribution in [0.2, 0.25) is 0 Å². The summed E-state index contributed by atoms with van der Waals surface area (Å²) in [6, 6.07) is 10.5. The lowest BCUT2D eigenvalue weighted by Gasteiger charge is -2.35. The van der Waals surface area contributed by atoms with E-state index >= 15 is 0 Å². The molecule has 2 aromatic carbocycles. The maximum Gasteiger partial charge on any atom is 0.406 e. The second-order valence-corrected chi connectivity index (χ2v) is 11.7. The molecule has 1 unspecified atom stereocenters. The van der Waals surface area contributed by atoms with Gasteiger partial charge in [-0.25, -0.2) is 12.8 Å². The lowest BCUT2D eigenvalue weighted by atomic mass is 10.0. The summed E-state index contributed by atoms with van der Waals surface area (Å²) < 4.78 is 85.4. The molecule has 216 valence electrons. The van der Waals surface area contributed by atoms with Gasteiger partial charge in [-0.2, -0.15) is 13.2 Å². The Morgan fingerprint density at radius 1 is 1.15 bits per heavy atom. The number of hydrogen-bond donors (Lipinski definition) is 2. The molecule has 1 aromatic heterocycles. The van der Waals surface area contributed by atoms with Crippen molar-refractivity contribution in [1.29, 1.82) is 0 Å². The third kappa shape index (κ3) is 7.01. The Balaban J connectivity index is 1.60. The minimum absolute atomic E-state index is 0.0623. The zero-order valence-electron chi connectivity index (χ0n) is 22.5. The van der Waals surface area contributed by atoms with Crippen LogP contribution in [0.1, 0.15) is 19.0 Å². The van der Waals surface area contributed by atoms with Crippen molar-refractivity contribution in [2.45, 2.75) is 43.2 Å². The number of anilines is 2. The van der Waals surface area contributed by atoms with Crippen LogP contribution in [0.3, 0.4) is 0 Å². The van der Waals surface area contributed by atoms with Crippen molar-refractivity contribution in [1.82, 2.24) is 9.47 Å². The number of nitrogens with zero attached hydrogens (tertiary/aromatic N) is 2. The highest BCUT2D eigenvalue weighted by Crippen LogP contribution is 2.32. The predicted molar refractivity (Wildman–Crippen MR) is 149 cm³/mol. The van der Waals surface area contributed by atoms with Crippen LogP contribution in [0.4, 0.5) is 28.9 Å². The number of benzene rings is 2. The van der Waals surface area contributed by atoms with Crippen LogP contribution in [0, 0.1) is 11.8 Å². The van der Waals surface area contributed by atoms with Crippen LogP contribution in [0.5, 0.6) is 5.75 Å². The van der Waals surface area contributed by atoms with Crippen LogP contribution in [0.25, 0.3) is 10.9 Å². The van der Waals surface area contributed by atoms with Crippen molar-refractivity contribution < 1.29 is 30.7 Å². The third-order valence-electron chi connectivity index (χ3n) is 6.88. The van der Waals surface area contributed by atoms with Crippen LogP contribution >= 0.6 is 0 Å². The van der Waals surface area contributed by atoms with E-state index in [9.17, 15) is 26.0 Å². The summed E-state index contributed by atoms with van der Waals surface area (Å²) in [6.07, 6.45) is -3.90. The van der Waals surface area contributed by atoms with Gasteiger partial charge >= 0.3 is 6.18 Å². The normalized spacial score (nSPS) is 18.3. The summed E-state index contributed by atoms with van der Waals surface area (Å²) in [5.74, 6) is 5.96. The molecule has 0 spiro atoms. The Bertz CT molecular complexity index is 1530. The highest BCUT2D eigenvalue weighted by atomic mass is 32.2. The minimum atomic E-state index is -4.48. The number of fused-ring (bicyclic) bond motifs is 1. The molecule has 0 saturated carbocycles. The van der Waals surface area contributed by atoms with Gasteiger partial charge in [-0.1, -0.05) is 18.9 Å². The molecule has 3 aromatic rings. The Morgan fingerprint density at radius 2 is 1.93 bits per heavy atom. The number of sulfone groups is 1. The number of ether oxygens (including phenoxy) is 1. The average Bonchev–Trinajstić information content (AvgIpc) is 3.23. The second-order valence-electron chi connectivity index (χ2n) is 9.71. The molecule has 0 bridgehead atoms. The third-order valence-corrected chi connectivity index (χ3v) is 7.99. The summed E-state index contributed by atoms with van der Waals surface area (Å²) in [6.45, 7) is 2.63. The Labute approximate surface area is 231 Å². The minimum Gasteiger partial charge on any atom is -0.495 e. The molecule has 1 saturated heterocycles. The lowest BCUT2D eigenvalue weighted by Crippen LogP contribution is -2.47. The first-order valence-corrected chi connectivity index (χ1v) is 14.7. The van der Waals surface area contributed by atoms with Crippen LogP contribution in [0.15, 0.2) is 47.4 Å². The van der Waals surface area contributed by atoms with E-state index in [0.29, 0.717) is 41.0 Å². The van der Waals surface area contributed by atoms with Crippen molar-refractivity contribution in [3.8, 4) is 17.6 Å². The van der Waals surface area contributed by atoms with Gasteiger partial charge in [0.05, 0.1) is 41.5 Å². The fourth-order valence-corrected chi connectivity index (χ4v) is 5.44. The quantitative estimate of drug-likeness (QED) is 0.291. The molecule has 0 radical (unpaired) electrons. The Morgan fingerprint density at radius 3 is 2.58 bits per heavy atom. The molecule has 1 aliphatic heterocycles. The number of rotatable bonds is 8. The van der Waals surface area contributed by atoms with Gasteiger partial charge in [-0.05, 0) is 49.2 Å². The van der Waals surface area contributed by atoms with Crippen LogP contribution < -0.4 is 15.4 Å². The van der Waals surface area contributed by atoms with Crippen molar-refractivity contribution in [3.63, 3.8) is 0 Å². The van der Waals surface area contributed by atoms with E-state index in [0.717, 1.165) is 23.9 Å². The molecule has 1 aliphatic rings. The summed E-state index contributed by atoms with van der Waals surface area (Å²) in [5, 5.41) is 6.77. The molecule has 0 aliphatic carbocycles. The van der Waals surface area contributed by atoms with Gasteiger partial charge in [0, 0.05) is 36.5 Å². The van der Waals surface area contributed by atoms with Gasteiger partial charge in [-0.3, -0.25) is 0 Å². The number of nitrogens with one attached hydrogen (secondary N) is 2. The first kappa shape index (κ1) is 29.6. The molecule has 40 heavy (non-hydrogen) atoms. The van der Waals surface area contributed by atoms with Gasteiger partial charge in [0.2, 0.25) is 0 Å². The van der Waals surface area contributed by atoms with Crippen molar-refractivity contribution >= 4 is 32.1 Å². The average molecular weight is 581 g/mol. The smallest absolute Gasteiger partial charge is 0.406 e. The second kappa shape index (κ2) is 12.0. The number of methoxy groups -OCH3 is 1. The van der Waals surface area contributed by atoms with E-state index in [4.69, 9.17) is 4.74 Å². The molecule has 2 N–H and O–H groups in total. The fourth-order valence-electron chi connectivity index (χ4n) is 4.80. The summed E-state index contributed by atoms with van der Waals surface area (Å²) in [4.78, 5) is 2.12. The lowest BCUT2D eigenvalue weighted by molar-refractivity contribution is -0.140. The number of piperidine rings is 1. The van der Waals surface area contributed by atoms with Gasteiger partial charge in [-0.15, -0.1) is 0 Å². The highest BCUT2D eigenvalue weighted by Gasteiger charge is 2.31. The molecule has 2 atom stereocenters. The van der Waals surface area contributed by atoms with Crippen molar-refractivity contribution in [3.05, 3.63) is 48.2 Å². The molecule has 0 amide bonds. The maximum atomic E-state index is 14.8. The van der Waals surface area contributed by atoms with E-state index in [2.05, 4.69) is 22.5 Å². The molecule has 2 heterocycles. The number of alkyl halides is 4. The first-order chi connectivity index (χ1) is 18.9. The van der Waals surface area contributed by atoms with Crippen molar-refractivity contribution in [2.24, 2.45) is 0 Å². The first-order valence-electron chi connectivity index (χ1n) is 12.8. The van der Waals surface area contributed by atoms with Gasteiger partial charge in [0.15, 0.2) is 9.84 Å². The van der Waals surface area contributed by atoms with Crippen LogP contribution in [-0.2, 0) is 16.4 Å². The van der Waals surface area contributed by atoms with E-state index in [1.807, 2.05) is 11.8 Å². The topological polar surface area (TPSA) is 75.6 Å². The van der Waals surface area contributed by atoms with E-state index in [1.165, 1.54) is 19.2 Å². The predicted octanol–water partition coefficient (Wildman–Crippen LogP) is 4.92. The van der Waals surface area contributed by atoms with Gasteiger partial charge in [0.1, 0.15) is 18.5 Å². The van der Waals surface area contributed by atoms with E-state index in [-0.39, 0.29) is 17.1 Å². The van der Waals surface area contributed by atoms with E-state index in [1.54, 1.807) is 30.3 Å². The van der Waals surface area contributed by atoms with Crippen molar-refractivity contribution in [2.75, 3.05) is 50.2 Å². The monoisotopic (exact) mass is 580 g/mol. The number of likely N-dealkylation sites (tertiary alicyclic amines) is 1. The van der Waals surface area contributed by atoms with E-state index < -0.39 is 34.8 Å². The molecule has 1 fully saturated rings. The SMILES string of the molecule is CCN1CCC(Nc2cccc3c2cc(C#CCNc2ccc(S(C)(=O)=O)cc2OC)n3CC(F)(F)F)[C@H](F)C1. The standard InChI is InChI=1S/C28H32F4N4O3S/c1-4-35-14-12-24(22(29)17-35)34-23-8-5-9-26-21(23)15-19(36(26)18-28(30,31)32)7-6-13-33-25-11-10-20(40(3,37)38)16-27(25)39-2/h5,8-11,15-16,22,24,33-34H,4,12-14,17-18H2,1-3H3/t22-,24?/m1/s1. The Hall–Kier alpha value is -3.43. The summed E-state index contributed by atoms with van der Waals surface area (Å²) in [5.41, 5.74) is 1.56. The number of halogens is 4. The zero-order chi connectivity index (χ0) is 29.1. The molecular formula is C28H32F4N4O3S. The molecular weight excluding hydrogens is 548 g/mol. The fraction of sp³-hybridized carbons (Fsp3) is 0.429. The highest BCUT2D eigenvalue weighted by molar-refractivity contribution is 7.90. The molecule has 4 rings (SSSR count). The zero-order valence-corrected chi connectivity index (χ0v) is 23.3.